The molecule has 8 nitrogen and oxygen atoms in total. The van der Waals surface area contributed by atoms with E-state index in [1.807, 2.05) is 41.4 Å². The highest BCUT2D eigenvalue weighted by Crippen LogP contribution is 2.35. The molecule has 0 saturated heterocycles. The Bertz CT molecular complexity index is 1280. The van der Waals surface area contributed by atoms with E-state index in [9.17, 15) is 5.11 Å². The topological polar surface area (TPSA) is 102 Å². The number of phenols is 1. The van der Waals surface area contributed by atoms with Crippen LogP contribution in [0.3, 0.4) is 0 Å². The number of fused-ring (bicyclic) bond motifs is 1. The number of phenolic OH excluding ortho intramolecular Hbond substituents is 1. The van der Waals surface area contributed by atoms with Crippen molar-refractivity contribution in [3.8, 4) is 28.3 Å². The minimum absolute atomic E-state index is 0.241. The lowest BCUT2D eigenvalue weighted by molar-refractivity contribution is 0.475. The molecule has 5 rings (SSSR count). The van der Waals surface area contributed by atoms with Crippen molar-refractivity contribution in [3.05, 3.63) is 73.8 Å². The molecular formula is C23H20N6O2. The Kier molecular flexibility index (Phi) is 5.02. The van der Waals surface area contributed by atoms with Crippen LogP contribution in [-0.4, -0.2) is 36.4 Å². The fourth-order valence-electron chi connectivity index (χ4n) is 3.56. The van der Waals surface area contributed by atoms with E-state index in [0.717, 1.165) is 52.8 Å². The molecule has 0 unspecified atom stereocenters. The summed E-state index contributed by atoms with van der Waals surface area (Å²) in [6.45, 7) is 1.62. The minimum Gasteiger partial charge on any atom is -0.508 e. The van der Waals surface area contributed by atoms with Crippen LogP contribution in [0.4, 0.5) is 5.69 Å². The summed E-state index contributed by atoms with van der Waals surface area (Å²) in [7, 11) is 0. The SMILES string of the molecule is Oc1ccc(-c2ccc3ncc(-c4nnco4)c(NCCCn4ccnc4)c3c2)cc1. The van der Waals surface area contributed by atoms with Gasteiger partial charge in [0, 0.05) is 37.1 Å². The average Bonchev–Trinajstić information content (AvgIpc) is 3.51. The van der Waals surface area contributed by atoms with Gasteiger partial charge in [-0.3, -0.25) is 4.98 Å². The number of aryl methyl sites for hydroxylation is 1. The van der Waals surface area contributed by atoms with Crippen LogP contribution in [0.25, 0.3) is 33.5 Å². The zero-order valence-corrected chi connectivity index (χ0v) is 16.6. The first-order valence-corrected chi connectivity index (χ1v) is 9.96. The fourth-order valence-corrected chi connectivity index (χ4v) is 3.56. The summed E-state index contributed by atoms with van der Waals surface area (Å²) in [5.41, 5.74) is 4.56. The standard InChI is InChI=1S/C23H20N6O2/c30-18-5-2-16(3-6-18)17-4-7-21-19(12-17)22(20(13-26-21)23-28-27-15-31-23)25-8-1-10-29-11-9-24-14-29/h2-7,9,11-15,30H,1,8,10H2,(H,25,26). The van der Waals surface area contributed by atoms with Crippen LogP contribution in [0.1, 0.15) is 6.42 Å². The Balaban J connectivity index is 1.52. The summed E-state index contributed by atoms with van der Waals surface area (Å²) in [5, 5.41) is 22.0. The van der Waals surface area contributed by atoms with Crippen LogP contribution in [-0.2, 0) is 6.54 Å². The Morgan fingerprint density at radius 3 is 2.71 bits per heavy atom. The molecular weight excluding hydrogens is 392 g/mol. The van der Waals surface area contributed by atoms with E-state index < -0.39 is 0 Å². The van der Waals surface area contributed by atoms with Gasteiger partial charge in [-0.15, -0.1) is 10.2 Å². The Morgan fingerprint density at radius 2 is 1.94 bits per heavy atom. The first kappa shape index (κ1) is 18.8. The normalized spacial score (nSPS) is 11.1. The third-order valence-electron chi connectivity index (χ3n) is 5.11. The Morgan fingerprint density at radius 1 is 1.06 bits per heavy atom. The van der Waals surface area contributed by atoms with E-state index in [1.54, 1.807) is 24.5 Å². The summed E-state index contributed by atoms with van der Waals surface area (Å²) in [4.78, 5) is 8.68. The molecule has 0 spiro atoms. The lowest BCUT2D eigenvalue weighted by Gasteiger charge is -2.14. The molecule has 0 aliphatic rings. The quantitative estimate of drug-likeness (QED) is 0.383. The largest absolute Gasteiger partial charge is 0.508 e. The lowest BCUT2D eigenvalue weighted by Crippen LogP contribution is -2.07. The van der Waals surface area contributed by atoms with Gasteiger partial charge in [-0.1, -0.05) is 18.2 Å². The number of pyridine rings is 1. The number of aromatic hydroxyl groups is 1. The molecule has 0 aliphatic carbocycles. The number of nitrogens with one attached hydrogen (secondary N) is 1. The van der Waals surface area contributed by atoms with Gasteiger partial charge in [0.05, 0.1) is 23.1 Å². The molecule has 8 heteroatoms. The number of imidazole rings is 1. The van der Waals surface area contributed by atoms with Crippen LogP contribution in [0.15, 0.2) is 78.2 Å². The van der Waals surface area contributed by atoms with Gasteiger partial charge in [-0.05, 0) is 41.8 Å². The smallest absolute Gasteiger partial charge is 0.251 e. The minimum atomic E-state index is 0.241. The molecule has 0 atom stereocenters. The molecule has 0 saturated carbocycles. The second kappa shape index (κ2) is 8.27. The summed E-state index contributed by atoms with van der Waals surface area (Å²) in [6, 6.07) is 13.3. The molecule has 0 aliphatic heterocycles. The molecule has 5 aromatic rings. The van der Waals surface area contributed by atoms with Crippen molar-refractivity contribution in [2.24, 2.45) is 0 Å². The van der Waals surface area contributed by atoms with Crippen molar-refractivity contribution in [2.45, 2.75) is 13.0 Å². The van der Waals surface area contributed by atoms with Gasteiger partial charge in [-0.25, -0.2) is 4.98 Å². The number of rotatable bonds is 7. The third kappa shape index (κ3) is 3.95. The molecule has 3 aromatic heterocycles. The van der Waals surface area contributed by atoms with Crippen molar-refractivity contribution in [1.29, 1.82) is 0 Å². The van der Waals surface area contributed by atoms with Crippen molar-refractivity contribution in [3.63, 3.8) is 0 Å². The van der Waals surface area contributed by atoms with Crippen molar-refractivity contribution in [2.75, 3.05) is 11.9 Å². The zero-order chi connectivity index (χ0) is 21.0. The molecule has 3 heterocycles. The van der Waals surface area contributed by atoms with E-state index in [-0.39, 0.29) is 5.75 Å². The number of aromatic nitrogens is 5. The highest BCUT2D eigenvalue weighted by molar-refractivity contribution is 6.00. The van der Waals surface area contributed by atoms with Crippen LogP contribution < -0.4 is 5.32 Å². The number of hydrogen-bond acceptors (Lipinski definition) is 7. The number of benzene rings is 2. The van der Waals surface area contributed by atoms with Crippen molar-refractivity contribution < 1.29 is 9.52 Å². The third-order valence-corrected chi connectivity index (χ3v) is 5.11. The van der Waals surface area contributed by atoms with Crippen LogP contribution in [0.5, 0.6) is 5.75 Å². The molecule has 31 heavy (non-hydrogen) atoms. The van der Waals surface area contributed by atoms with E-state index in [2.05, 4.69) is 31.5 Å². The molecule has 0 radical (unpaired) electrons. The summed E-state index contributed by atoms with van der Waals surface area (Å²) < 4.78 is 7.51. The Labute approximate surface area is 178 Å². The van der Waals surface area contributed by atoms with Crippen LogP contribution in [0, 0.1) is 0 Å². The second-order valence-electron chi connectivity index (χ2n) is 7.15. The molecule has 2 aromatic carbocycles. The maximum absolute atomic E-state index is 9.60. The molecule has 2 N–H and O–H groups in total. The van der Waals surface area contributed by atoms with E-state index in [0.29, 0.717) is 5.89 Å². The predicted molar refractivity (Wildman–Crippen MR) is 117 cm³/mol. The highest BCUT2D eigenvalue weighted by Gasteiger charge is 2.15. The van der Waals surface area contributed by atoms with Gasteiger partial charge < -0.3 is 19.4 Å². The van der Waals surface area contributed by atoms with Crippen molar-refractivity contribution >= 4 is 16.6 Å². The first-order valence-electron chi connectivity index (χ1n) is 9.96. The molecule has 154 valence electrons. The van der Waals surface area contributed by atoms with Gasteiger partial charge in [0.1, 0.15) is 5.75 Å². The van der Waals surface area contributed by atoms with Crippen LogP contribution in [0.2, 0.25) is 0 Å². The maximum Gasteiger partial charge on any atom is 0.251 e. The molecule has 0 fully saturated rings. The molecule has 0 amide bonds. The van der Waals surface area contributed by atoms with Gasteiger partial charge in [0.25, 0.3) is 5.89 Å². The first-order chi connectivity index (χ1) is 15.3. The summed E-state index contributed by atoms with van der Waals surface area (Å²) in [6.07, 6.45) is 9.54. The summed E-state index contributed by atoms with van der Waals surface area (Å²) in [5.74, 6) is 0.659. The number of hydrogen-bond donors (Lipinski definition) is 2. The van der Waals surface area contributed by atoms with Gasteiger partial charge >= 0.3 is 0 Å². The highest BCUT2D eigenvalue weighted by atomic mass is 16.4. The van der Waals surface area contributed by atoms with E-state index >= 15 is 0 Å². The maximum atomic E-state index is 9.60. The van der Waals surface area contributed by atoms with E-state index in [4.69, 9.17) is 4.42 Å². The predicted octanol–water partition coefficient (Wildman–Crippen LogP) is 4.36. The second-order valence-corrected chi connectivity index (χ2v) is 7.15. The van der Waals surface area contributed by atoms with Crippen LogP contribution >= 0.6 is 0 Å². The average molecular weight is 412 g/mol. The lowest BCUT2D eigenvalue weighted by atomic mass is 10.0. The number of nitrogens with zero attached hydrogens (tertiary/aromatic N) is 5. The Hall–Kier alpha value is -4.20. The zero-order valence-electron chi connectivity index (χ0n) is 16.6. The van der Waals surface area contributed by atoms with E-state index in [1.165, 1.54) is 6.39 Å². The van der Waals surface area contributed by atoms with Crippen molar-refractivity contribution in [1.82, 2.24) is 24.7 Å². The van der Waals surface area contributed by atoms with Gasteiger partial charge in [0.15, 0.2) is 0 Å². The number of anilines is 1. The van der Waals surface area contributed by atoms with Gasteiger partial charge in [-0.2, -0.15) is 0 Å². The monoisotopic (exact) mass is 412 g/mol. The van der Waals surface area contributed by atoms with Gasteiger partial charge in [0.2, 0.25) is 6.39 Å². The fraction of sp³-hybridized carbons (Fsp3) is 0.130. The molecule has 0 bridgehead atoms. The summed E-state index contributed by atoms with van der Waals surface area (Å²) >= 11 is 0.